The molecule has 0 saturated heterocycles. The van der Waals surface area contributed by atoms with E-state index >= 15 is 0 Å². The molecule has 0 saturated carbocycles. The second-order valence-corrected chi connectivity index (χ2v) is 6.39. The third-order valence-corrected chi connectivity index (χ3v) is 5.10. The number of hydrogen-bond donors (Lipinski definition) is 0. The van der Waals surface area contributed by atoms with Gasteiger partial charge in [-0.05, 0) is 0 Å². The molecule has 0 aromatic carbocycles. The molecule has 0 atom stereocenters. The normalized spacial score (nSPS) is 9.91. The van der Waals surface area contributed by atoms with Gasteiger partial charge < -0.3 is 0 Å². The molecule has 0 aliphatic carbocycles. The van der Waals surface area contributed by atoms with Crippen molar-refractivity contribution in [3.05, 3.63) is 24.4 Å². The Labute approximate surface area is 78.5 Å². The maximum atomic E-state index is 4.33. The van der Waals surface area contributed by atoms with Crippen molar-refractivity contribution in [3.63, 3.8) is 0 Å². The standard InChI is InChI=1S/C5H4N.C4H9.Sn/c1-2-4-6-5-3-1;1-3-4-2;/h1-4H;1,3-4H2,2H3;. The summed E-state index contributed by atoms with van der Waals surface area (Å²) in [5.41, 5.74) is 0. The van der Waals surface area contributed by atoms with Crippen molar-refractivity contribution in [2.24, 2.45) is 0 Å². The first-order valence-electron chi connectivity index (χ1n) is 4.08. The average molecular weight is 254 g/mol. The summed E-state index contributed by atoms with van der Waals surface area (Å²) in [5, 5.41) is 0. The molecule has 1 nitrogen and oxygen atoms in total. The van der Waals surface area contributed by atoms with Crippen molar-refractivity contribution in [3.8, 4) is 0 Å². The van der Waals surface area contributed by atoms with Crippen LogP contribution in [0.15, 0.2) is 24.4 Å². The van der Waals surface area contributed by atoms with Crippen LogP contribution in [0.3, 0.4) is 0 Å². The monoisotopic (exact) mass is 255 g/mol. The Bertz CT molecular complexity index is 186. The molecule has 58 valence electrons. The van der Waals surface area contributed by atoms with Crippen LogP contribution in [-0.4, -0.2) is 26.1 Å². The van der Waals surface area contributed by atoms with Gasteiger partial charge in [0, 0.05) is 0 Å². The Balaban J connectivity index is 2.28. The molecule has 0 aliphatic heterocycles. The van der Waals surface area contributed by atoms with Gasteiger partial charge in [-0.25, -0.2) is 0 Å². The summed E-state index contributed by atoms with van der Waals surface area (Å²) in [4.78, 5) is 4.33. The van der Waals surface area contributed by atoms with Gasteiger partial charge in [0.1, 0.15) is 0 Å². The number of hydrogen-bond acceptors (Lipinski definition) is 1. The second kappa shape index (κ2) is 5.58. The van der Waals surface area contributed by atoms with Crippen molar-refractivity contribution in [1.29, 1.82) is 0 Å². The summed E-state index contributed by atoms with van der Waals surface area (Å²) < 4.78 is 2.83. The van der Waals surface area contributed by atoms with Crippen LogP contribution in [0.2, 0.25) is 4.44 Å². The van der Waals surface area contributed by atoms with Gasteiger partial charge in [-0.1, -0.05) is 0 Å². The van der Waals surface area contributed by atoms with Gasteiger partial charge in [0.15, 0.2) is 0 Å². The molecule has 1 aromatic rings. The van der Waals surface area contributed by atoms with Gasteiger partial charge in [-0.15, -0.1) is 0 Å². The Kier molecular flexibility index (Phi) is 4.59. The molecule has 2 heteroatoms. The third-order valence-electron chi connectivity index (χ3n) is 1.50. The molecule has 0 aliphatic rings. The average Bonchev–Trinajstić information content (AvgIpc) is 2.07. The first-order chi connectivity index (χ1) is 5.43. The molecular weight excluding hydrogens is 241 g/mol. The predicted molar refractivity (Wildman–Crippen MR) is 49.3 cm³/mol. The van der Waals surface area contributed by atoms with Gasteiger partial charge in [0.25, 0.3) is 0 Å². The molecular formula is C9H13NSn. The zero-order valence-corrected chi connectivity index (χ0v) is 9.73. The van der Waals surface area contributed by atoms with Crippen molar-refractivity contribution < 1.29 is 0 Å². The van der Waals surface area contributed by atoms with E-state index in [1.54, 1.807) is 0 Å². The molecule has 0 bridgehead atoms. The van der Waals surface area contributed by atoms with Gasteiger partial charge in [-0.2, -0.15) is 0 Å². The van der Waals surface area contributed by atoms with E-state index in [2.05, 4.69) is 24.0 Å². The van der Waals surface area contributed by atoms with Gasteiger partial charge >= 0.3 is 78.4 Å². The van der Waals surface area contributed by atoms with Crippen molar-refractivity contribution in [2.45, 2.75) is 24.2 Å². The van der Waals surface area contributed by atoms with E-state index in [0.29, 0.717) is 0 Å². The molecule has 1 heterocycles. The fourth-order valence-corrected chi connectivity index (χ4v) is 4.19. The van der Waals surface area contributed by atoms with Crippen molar-refractivity contribution in [1.82, 2.24) is 4.98 Å². The molecule has 11 heavy (non-hydrogen) atoms. The van der Waals surface area contributed by atoms with E-state index in [1.165, 1.54) is 21.0 Å². The van der Waals surface area contributed by atoms with Gasteiger partial charge in [0.2, 0.25) is 0 Å². The molecule has 1 rings (SSSR count). The van der Waals surface area contributed by atoms with Crippen molar-refractivity contribution in [2.75, 3.05) is 0 Å². The molecule has 2 radical (unpaired) electrons. The zero-order chi connectivity index (χ0) is 7.94. The minimum absolute atomic E-state index is 0.295. The SMILES string of the molecule is CCC[CH2][Sn][c]1ccccn1. The van der Waals surface area contributed by atoms with Crippen LogP contribution in [-0.2, 0) is 0 Å². The number of nitrogens with zero attached hydrogens (tertiary/aromatic N) is 1. The van der Waals surface area contributed by atoms with Gasteiger partial charge in [-0.3, -0.25) is 0 Å². The van der Waals surface area contributed by atoms with E-state index in [4.69, 9.17) is 0 Å². The summed E-state index contributed by atoms with van der Waals surface area (Å²) in [5.74, 6) is 0. The molecule has 0 N–H and O–H groups in total. The number of pyridine rings is 1. The summed E-state index contributed by atoms with van der Waals surface area (Å²) in [6.07, 6.45) is 4.62. The number of unbranched alkanes of at least 4 members (excludes halogenated alkanes) is 1. The van der Waals surface area contributed by atoms with Crippen LogP contribution in [0, 0.1) is 0 Å². The first-order valence-corrected chi connectivity index (χ1v) is 7.53. The van der Waals surface area contributed by atoms with Gasteiger partial charge in [0.05, 0.1) is 0 Å². The number of rotatable bonds is 4. The van der Waals surface area contributed by atoms with E-state index in [1.807, 2.05) is 12.3 Å². The summed E-state index contributed by atoms with van der Waals surface area (Å²) in [6, 6.07) is 6.25. The Morgan fingerprint density at radius 2 is 2.36 bits per heavy atom. The van der Waals surface area contributed by atoms with Crippen LogP contribution in [0.25, 0.3) is 0 Å². The molecule has 1 aromatic heterocycles. The van der Waals surface area contributed by atoms with Crippen LogP contribution < -0.4 is 3.71 Å². The van der Waals surface area contributed by atoms with Crippen molar-refractivity contribution >= 4 is 24.9 Å². The molecule has 0 amide bonds. The van der Waals surface area contributed by atoms with Crippen LogP contribution in [0.4, 0.5) is 0 Å². The molecule has 0 spiro atoms. The van der Waals surface area contributed by atoms with Crippen LogP contribution in [0.1, 0.15) is 19.8 Å². The summed E-state index contributed by atoms with van der Waals surface area (Å²) >= 11 is -0.295. The Hall–Kier alpha value is -0.0513. The van der Waals surface area contributed by atoms with Crippen LogP contribution in [0.5, 0.6) is 0 Å². The first kappa shape index (κ1) is 9.04. The van der Waals surface area contributed by atoms with E-state index in [9.17, 15) is 0 Å². The van der Waals surface area contributed by atoms with E-state index in [-0.39, 0.29) is 21.1 Å². The number of aromatic nitrogens is 1. The fourth-order valence-electron chi connectivity index (χ4n) is 0.861. The predicted octanol–water partition coefficient (Wildman–Crippen LogP) is 1.63. The maximum absolute atomic E-state index is 4.33. The molecule has 0 unspecified atom stereocenters. The summed E-state index contributed by atoms with van der Waals surface area (Å²) in [6.45, 7) is 2.25. The van der Waals surface area contributed by atoms with E-state index in [0.717, 1.165) is 0 Å². The van der Waals surface area contributed by atoms with Crippen LogP contribution >= 0.6 is 0 Å². The Morgan fingerprint density at radius 3 is 3.00 bits per heavy atom. The Morgan fingerprint density at radius 1 is 1.45 bits per heavy atom. The fraction of sp³-hybridized carbons (Fsp3) is 0.444. The molecule has 0 fully saturated rings. The summed E-state index contributed by atoms with van der Waals surface area (Å²) in [7, 11) is 0. The topological polar surface area (TPSA) is 12.9 Å². The third kappa shape index (κ3) is 3.75. The zero-order valence-electron chi connectivity index (χ0n) is 6.88. The minimum atomic E-state index is -0.295. The second-order valence-electron chi connectivity index (χ2n) is 2.50. The van der Waals surface area contributed by atoms with E-state index < -0.39 is 0 Å². The quantitative estimate of drug-likeness (QED) is 0.587.